The van der Waals surface area contributed by atoms with E-state index in [1.807, 2.05) is 0 Å². The highest BCUT2D eigenvalue weighted by atomic mass is 79.9. The van der Waals surface area contributed by atoms with Crippen molar-refractivity contribution in [2.24, 2.45) is 0 Å². The number of hydrogen-bond donors (Lipinski definition) is 1. The van der Waals surface area contributed by atoms with Crippen molar-refractivity contribution in [1.82, 2.24) is 4.98 Å². The van der Waals surface area contributed by atoms with E-state index in [0.717, 1.165) is 0 Å². The summed E-state index contributed by atoms with van der Waals surface area (Å²) in [6, 6.07) is 7.78. The number of nitro benzene ring substituents is 1. The largest absolute Gasteiger partial charge is 0.430 e. The third-order valence-electron chi connectivity index (χ3n) is 2.36. The molecule has 1 aromatic carbocycles. The second-order valence-corrected chi connectivity index (χ2v) is 4.43. The average Bonchev–Trinajstić information content (AvgIpc) is 2.41. The van der Waals surface area contributed by atoms with Crippen LogP contribution in [-0.4, -0.2) is 15.0 Å². The zero-order valence-electron chi connectivity index (χ0n) is 9.62. The summed E-state index contributed by atoms with van der Waals surface area (Å²) in [5, 5.41) is 20.1. The molecule has 6 nitrogen and oxygen atoms in total. The first-order valence-corrected chi connectivity index (χ1v) is 6.08. The molecule has 19 heavy (non-hydrogen) atoms. The van der Waals surface area contributed by atoms with Gasteiger partial charge in [0.05, 0.1) is 16.0 Å². The molecule has 0 amide bonds. The number of ether oxygens (including phenoxy) is 1. The number of aromatic nitrogens is 1. The molecule has 98 valence electrons. The molecule has 0 saturated carbocycles. The maximum atomic E-state index is 11.0. The molecule has 0 spiro atoms. The third kappa shape index (κ3) is 2.88. The van der Waals surface area contributed by atoms with E-state index >= 15 is 0 Å². The topological polar surface area (TPSA) is 85.5 Å². The van der Waals surface area contributed by atoms with Gasteiger partial charge >= 0.3 is 5.69 Å². The van der Waals surface area contributed by atoms with E-state index in [1.54, 1.807) is 24.3 Å². The predicted octanol–water partition coefficient (Wildman–Crippen LogP) is 3.04. The van der Waals surface area contributed by atoms with Gasteiger partial charge in [-0.05, 0) is 34.1 Å². The smallest absolute Gasteiger partial charge is 0.312 e. The van der Waals surface area contributed by atoms with Gasteiger partial charge in [-0.2, -0.15) is 0 Å². The molecule has 1 heterocycles. The highest BCUT2D eigenvalue weighted by Crippen LogP contribution is 2.38. The van der Waals surface area contributed by atoms with Crippen molar-refractivity contribution in [3.63, 3.8) is 0 Å². The van der Waals surface area contributed by atoms with E-state index in [9.17, 15) is 15.2 Å². The minimum Gasteiger partial charge on any atom is -0.430 e. The van der Waals surface area contributed by atoms with Gasteiger partial charge in [0, 0.05) is 17.8 Å². The van der Waals surface area contributed by atoms with Crippen molar-refractivity contribution >= 4 is 21.6 Å². The molecule has 0 atom stereocenters. The van der Waals surface area contributed by atoms with Crippen LogP contribution in [0.4, 0.5) is 5.69 Å². The number of aliphatic hydroxyl groups excluding tert-OH is 1. The van der Waals surface area contributed by atoms with Crippen molar-refractivity contribution < 1.29 is 14.8 Å². The van der Waals surface area contributed by atoms with Crippen LogP contribution in [0.2, 0.25) is 0 Å². The monoisotopic (exact) mass is 324 g/mol. The molecule has 1 N–H and O–H groups in total. The molecule has 0 aliphatic rings. The van der Waals surface area contributed by atoms with Crippen LogP contribution in [0.3, 0.4) is 0 Å². The molecular weight excluding hydrogens is 316 g/mol. The van der Waals surface area contributed by atoms with Crippen LogP contribution in [0.25, 0.3) is 0 Å². The Hall–Kier alpha value is -1.99. The van der Waals surface area contributed by atoms with Crippen LogP contribution in [0.5, 0.6) is 11.6 Å². The second kappa shape index (κ2) is 5.77. The SMILES string of the molecule is O=[N+]([O-])c1cccc(Br)c1Oc1ncccc1CO. The van der Waals surface area contributed by atoms with Crippen molar-refractivity contribution in [2.45, 2.75) is 6.61 Å². The van der Waals surface area contributed by atoms with Gasteiger partial charge < -0.3 is 9.84 Å². The molecular formula is C12H9BrN2O4. The molecule has 0 bridgehead atoms. The first-order valence-electron chi connectivity index (χ1n) is 5.29. The quantitative estimate of drug-likeness (QED) is 0.690. The number of halogens is 1. The number of aliphatic hydroxyl groups is 1. The van der Waals surface area contributed by atoms with Crippen LogP contribution in [0.15, 0.2) is 41.0 Å². The van der Waals surface area contributed by atoms with Gasteiger partial charge in [0.15, 0.2) is 0 Å². The Morgan fingerprint density at radius 3 is 2.84 bits per heavy atom. The van der Waals surface area contributed by atoms with Crippen molar-refractivity contribution in [3.05, 3.63) is 56.7 Å². The van der Waals surface area contributed by atoms with Gasteiger partial charge in [0.1, 0.15) is 0 Å². The molecule has 0 aliphatic heterocycles. The number of pyridine rings is 1. The van der Waals surface area contributed by atoms with E-state index in [2.05, 4.69) is 20.9 Å². The van der Waals surface area contributed by atoms with Crippen molar-refractivity contribution in [2.75, 3.05) is 0 Å². The highest BCUT2D eigenvalue weighted by Gasteiger charge is 2.20. The lowest BCUT2D eigenvalue weighted by molar-refractivity contribution is -0.385. The predicted molar refractivity (Wildman–Crippen MR) is 71.0 cm³/mol. The van der Waals surface area contributed by atoms with Gasteiger partial charge in [-0.15, -0.1) is 0 Å². The van der Waals surface area contributed by atoms with Gasteiger partial charge in [0.25, 0.3) is 0 Å². The fourth-order valence-electron chi connectivity index (χ4n) is 1.48. The molecule has 1 aromatic heterocycles. The Kier molecular flexibility index (Phi) is 4.08. The third-order valence-corrected chi connectivity index (χ3v) is 2.99. The summed E-state index contributed by atoms with van der Waals surface area (Å²) >= 11 is 3.20. The molecule has 0 fully saturated rings. The Bertz CT molecular complexity index is 618. The molecule has 2 rings (SSSR count). The molecule has 0 unspecified atom stereocenters. The molecule has 0 radical (unpaired) electrons. The summed E-state index contributed by atoms with van der Waals surface area (Å²) < 4.78 is 5.90. The lowest BCUT2D eigenvalue weighted by atomic mass is 10.2. The fraction of sp³-hybridized carbons (Fsp3) is 0.0833. The van der Waals surface area contributed by atoms with E-state index in [4.69, 9.17) is 4.74 Å². The normalized spacial score (nSPS) is 10.2. The average molecular weight is 325 g/mol. The van der Waals surface area contributed by atoms with Crippen LogP contribution < -0.4 is 4.74 Å². The minimum absolute atomic E-state index is 0.0564. The minimum atomic E-state index is -0.540. The number of nitrogens with zero attached hydrogens (tertiary/aromatic N) is 2. The van der Waals surface area contributed by atoms with Gasteiger partial charge in [-0.25, -0.2) is 4.98 Å². The van der Waals surface area contributed by atoms with E-state index < -0.39 is 4.92 Å². The summed E-state index contributed by atoms with van der Waals surface area (Å²) in [6.07, 6.45) is 1.48. The summed E-state index contributed by atoms with van der Waals surface area (Å²) in [5.41, 5.74) is 0.275. The second-order valence-electron chi connectivity index (χ2n) is 3.57. The Balaban J connectivity index is 2.46. The van der Waals surface area contributed by atoms with E-state index in [1.165, 1.54) is 12.3 Å². The first-order chi connectivity index (χ1) is 9.13. The number of nitro groups is 1. The molecule has 0 aliphatic carbocycles. The maximum Gasteiger partial charge on any atom is 0.312 e. The summed E-state index contributed by atoms with van der Waals surface area (Å²) in [4.78, 5) is 14.4. The molecule has 2 aromatic rings. The Morgan fingerprint density at radius 1 is 1.37 bits per heavy atom. The molecule has 0 saturated heterocycles. The Labute approximate surface area is 117 Å². The number of para-hydroxylation sites is 1. The number of hydrogen-bond acceptors (Lipinski definition) is 5. The van der Waals surface area contributed by atoms with Crippen molar-refractivity contribution in [3.8, 4) is 11.6 Å². The van der Waals surface area contributed by atoms with Crippen LogP contribution in [-0.2, 0) is 6.61 Å². The van der Waals surface area contributed by atoms with Gasteiger partial charge in [-0.1, -0.05) is 6.07 Å². The van der Waals surface area contributed by atoms with Crippen LogP contribution in [0.1, 0.15) is 5.56 Å². The summed E-state index contributed by atoms with van der Waals surface area (Å²) in [5.74, 6) is 0.195. The zero-order chi connectivity index (χ0) is 13.8. The number of benzene rings is 1. The van der Waals surface area contributed by atoms with Crippen LogP contribution in [0, 0.1) is 10.1 Å². The zero-order valence-corrected chi connectivity index (χ0v) is 11.2. The number of rotatable bonds is 4. The lowest BCUT2D eigenvalue weighted by Gasteiger charge is -2.09. The van der Waals surface area contributed by atoms with E-state index in [-0.39, 0.29) is 23.9 Å². The Morgan fingerprint density at radius 2 is 2.16 bits per heavy atom. The molecule has 7 heteroatoms. The standard InChI is InChI=1S/C12H9BrN2O4/c13-9-4-1-5-10(15(17)18)11(9)19-12-8(7-16)3-2-6-14-12/h1-6,16H,7H2. The van der Waals surface area contributed by atoms with Gasteiger partial charge in [0.2, 0.25) is 11.6 Å². The lowest BCUT2D eigenvalue weighted by Crippen LogP contribution is -1.98. The van der Waals surface area contributed by atoms with Crippen LogP contribution >= 0.6 is 15.9 Å². The summed E-state index contributed by atoms with van der Waals surface area (Å²) in [7, 11) is 0. The van der Waals surface area contributed by atoms with Gasteiger partial charge in [-0.3, -0.25) is 10.1 Å². The fourth-order valence-corrected chi connectivity index (χ4v) is 1.91. The maximum absolute atomic E-state index is 11.0. The first kappa shape index (κ1) is 13.4. The summed E-state index contributed by atoms with van der Waals surface area (Å²) in [6.45, 7) is -0.262. The highest BCUT2D eigenvalue weighted by molar-refractivity contribution is 9.10. The van der Waals surface area contributed by atoms with E-state index in [0.29, 0.717) is 10.0 Å². The van der Waals surface area contributed by atoms with Crippen molar-refractivity contribution in [1.29, 1.82) is 0 Å².